The van der Waals surface area contributed by atoms with Crippen LogP contribution in [0.1, 0.15) is 51.0 Å². The molecule has 0 spiro atoms. The van der Waals surface area contributed by atoms with Crippen molar-refractivity contribution in [2.75, 3.05) is 37.7 Å². The third kappa shape index (κ3) is 4.04. The molecule has 1 amide bonds. The number of hydrogen-bond donors (Lipinski definition) is 0. The van der Waals surface area contributed by atoms with Gasteiger partial charge >= 0.3 is 5.97 Å². The van der Waals surface area contributed by atoms with E-state index in [1.54, 1.807) is 19.2 Å². The van der Waals surface area contributed by atoms with Crippen LogP contribution in [0.4, 0.5) is 5.82 Å². The van der Waals surface area contributed by atoms with Gasteiger partial charge in [-0.2, -0.15) is 5.10 Å². The van der Waals surface area contributed by atoms with Crippen LogP contribution < -0.4 is 4.90 Å². The molecule has 8 nitrogen and oxygen atoms in total. The molecule has 5 rings (SSSR count). The molecule has 3 heterocycles. The fourth-order valence-corrected chi connectivity index (χ4v) is 4.81. The first-order valence-corrected chi connectivity index (χ1v) is 11.9. The number of rotatable bonds is 5. The van der Waals surface area contributed by atoms with Crippen LogP contribution in [0.2, 0.25) is 0 Å². The second-order valence-electron chi connectivity index (χ2n) is 8.73. The number of carbonyl (C=O) groups is 2. The van der Waals surface area contributed by atoms with Crippen LogP contribution in [-0.2, 0) is 17.6 Å². The molecule has 1 aromatic carbocycles. The number of esters is 1. The number of aryl methyl sites for hydroxylation is 1. The number of aromatic nitrogens is 3. The van der Waals surface area contributed by atoms with Gasteiger partial charge in [0.15, 0.2) is 5.69 Å². The van der Waals surface area contributed by atoms with Crippen molar-refractivity contribution in [1.29, 1.82) is 0 Å². The minimum atomic E-state index is -0.366. The predicted molar refractivity (Wildman–Crippen MR) is 129 cm³/mol. The first-order valence-electron chi connectivity index (χ1n) is 11.9. The molecule has 2 aliphatic rings. The van der Waals surface area contributed by atoms with Gasteiger partial charge in [-0.1, -0.05) is 18.2 Å². The Hall–Kier alpha value is -3.68. The second-order valence-corrected chi connectivity index (χ2v) is 8.73. The maximum atomic E-state index is 13.5. The molecule has 0 saturated carbocycles. The lowest BCUT2D eigenvalue weighted by atomic mass is 10.1. The second kappa shape index (κ2) is 9.29. The summed E-state index contributed by atoms with van der Waals surface area (Å²) in [7, 11) is 0. The number of hydrogen-bond acceptors (Lipinski definition) is 6. The Morgan fingerprint density at radius 3 is 2.53 bits per heavy atom. The van der Waals surface area contributed by atoms with Gasteiger partial charge in [-0.15, -0.1) is 0 Å². The van der Waals surface area contributed by atoms with Crippen LogP contribution in [0.5, 0.6) is 0 Å². The molecular formula is C26H29N5O3. The summed E-state index contributed by atoms with van der Waals surface area (Å²) in [6.45, 7) is 6.76. The van der Waals surface area contributed by atoms with Crippen molar-refractivity contribution < 1.29 is 14.3 Å². The largest absolute Gasteiger partial charge is 0.462 e. The minimum absolute atomic E-state index is 0.00996. The number of pyridine rings is 1. The number of carbonyl (C=O) groups excluding carboxylic acids is 2. The summed E-state index contributed by atoms with van der Waals surface area (Å²) in [5.74, 6) is 0.440. The van der Waals surface area contributed by atoms with E-state index in [0.29, 0.717) is 44.0 Å². The highest BCUT2D eigenvalue weighted by molar-refractivity contribution is 5.94. The highest BCUT2D eigenvalue weighted by Gasteiger charge is 2.31. The van der Waals surface area contributed by atoms with E-state index >= 15 is 0 Å². The third-order valence-electron chi connectivity index (χ3n) is 6.63. The number of anilines is 1. The van der Waals surface area contributed by atoms with E-state index in [4.69, 9.17) is 9.84 Å². The van der Waals surface area contributed by atoms with Crippen molar-refractivity contribution in [3.8, 4) is 5.69 Å². The SMILES string of the molecule is CCOC(=O)c1ccc(N2CCN(C(=O)c3nn(-c4ccccc4C)c4c3CCC4)CC2)nc1. The highest BCUT2D eigenvalue weighted by Crippen LogP contribution is 2.30. The Bertz CT molecular complexity index is 1210. The lowest BCUT2D eigenvalue weighted by Crippen LogP contribution is -2.49. The molecule has 1 saturated heterocycles. The van der Waals surface area contributed by atoms with Crippen LogP contribution in [0.15, 0.2) is 42.6 Å². The molecule has 176 valence electrons. The van der Waals surface area contributed by atoms with E-state index in [1.807, 2.05) is 27.8 Å². The Labute approximate surface area is 199 Å². The fraction of sp³-hybridized carbons (Fsp3) is 0.385. The summed E-state index contributed by atoms with van der Waals surface area (Å²) in [5, 5.41) is 4.81. The van der Waals surface area contributed by atoms with Crippen molar-refractivity contribution in [1.82, 2.24) is 19.7 Å². The molecule has 0 bridgehead atoms. The molecule has 0 N–H and O–H groups in total. The number of piperazine rings is 1. The molecule has 0 radical (unpaired) electrons. The number of ether oxygens (including phenoxy) is 1. The quantitative estimate of drug-likeness (QED) is 0.545. The normalized spacial score (nSPS) is 15.4. The van der Waals surface area contributed by atoms with Gasteiger partial charge in [0.2, 0.25) is 0 Å². The maximum Gasteiger partial charge on any atom is 0.339 e. The Balaban J connectivity index is 1.29. The molecule has 8 heteroatoms. The van der Waals surface area contributed by atoms with Gasteiger partial charge in [0.25, 0.3) is 5.91 Å². The lowest BCUT2D eigenvalue weighted by Gasteiger charge is -2.35. The molecule has 1 aliphatic heterocycles. The van der Waals surface area contributed by atoms with Crippen molar-refractivity contribution in [3.63, 3.8) is 0 Å². The van der Waals surface area contributed by atoms with Crippen LogP contribution in [0.3, 0.4) is 0 Å². The smallest absolute Gasteiger partial charge is 0.339 e. The van der Waals surface area contributed by atoms with E-state index in [9.17, 15) is 9.59 Å². The Kier molecular flexibility index (Phi) is 6.04. The summed E-state index contributed by atoms with van der Waals surface area (Å²) in [4.78, 5) is 33.8. The first-order chi connectivity index (χ1) is 16.6. The zero-order chi connectivity index (χ0) is 23.7. The molecule has 34 heavy (non-hydrogen) atoms. The van der Waals surface area contributed by atoms with Crippen molar-refractivity contribution in [2.24, 2.45) is 0 Å². The van der Waals surface area contributed by atoms with Gasteiger partial charge in [0, 0.05) is 43.6 Å². The standard InChI is InChI=1S/C26H29N5O3/c1-3-34-26(33)19-11-12-23(27-17-19)29-13-15-30(16-14-29)25(32)24-20-8-6-10-22(20)31(28-24)21-9-5-4-7-18(21)2/h4-5,7,9,11-12,17H,3,6,8,10,13-16H2,1-2H3. The van der Waals surface area contributed by atoms with Gasteiger partial charge in [0.05, 0.1) is 17.9 Å². The van der Waals surface area contributed by atoms with Gasteiger partial charge in [0.1, 0.15) is 5.82 Å². The fourth-order valence-electron chi connectivity index (χ4n) is 4.81. The van der Waals surface area contributed by atoms with E-state index in [-0.39, 0.29) is 11.9 Å². The molecule has 3 aromatic rings. The predicted octanol–water partition coefficient (Wildman–Crippen LogP) is 3.20. The van der Waals surface area contributed by atoms with Crippen LogP contribution in [-0.4, -0.2) is 64.3 Å². The monoisotopic (exact) mass is 459 g/mol. The summed E-state index contributed by atoms with van der Waals surface area (Å²) in [5.41, 5.74) is 5.50. The maximum absolute atomic E-state index is 13.5. The Morgan fingerprint density at radius 1 is 1.03 bits per heavy atom. The first kappa shape index (κ1) is 22.1. The number of benzene rings is 1. The summed E-state index contributed by atoms with van der Waals surface area (Å²) < 4.78 is 7.00. The van der Waals surface area contributed by atoms with Crippen LogP contribution >= 0.6 is 0 Å². The molecular weight excluding hydrogens is 430 g/mol. The summed E-state index contributed by atoms with van der Waals surface area (Å²) in [6, 6.07) is 11.7. The topological polar surface area (TPSA) is 80.6 Å². The van der Waals surface area contributed by atoms with Crippen LogP contribution in [0.25, 0.3) is 5.69 Å². The average molecular weight is 460 g/mol. The average Bonchev–Trinajstić information content (AvgIpc) is 3.48. The van der Waals surface area contributed by atoms with Gasteiger partial charge < -0.3 is 14.5 Å². The molecule has 0 unspecified atom stereocenters. The molecule has 1 aliphatic carbocycles. The highest BCUT2D eigenvalue weighted by atomic mass is 16.5. The number of amides is 1. The molecule has 0 atom stereocenters. The van der Waals surface area contributed by atoms with E-state index in [1.165, 1.54) is 5.69 Å². The third-order valence-corrected chi connectivity index (χ3v) is 6.63. The molecule has 2 aromatic heterocycles. The van der Waals surface area contributed by atoms with Gasteiger partial charge in [-0.3, -0.25) is 4.79 Å². The number of para-hydroxylation sites is 1. The van der Waals surface area contributed by atoms with Gasteiger partial charge in [-0.25, -0.2) is 14.5 Å². The van der Waals surface area contributed by atoms with Crippen LogP contribution in [0, 0.1) is 6.92 Å². The van der Waals surface area contributed by atoms with Crippen molar-refractivity contribution >= 4 is 17.7 Å². The van der Waals surface area contributed by atoms with Crippen molar-refractivity contribution in [2.45, 2.75) is 33.1 Å². The van der Waals surface area contributed by atoms with Crippen molar-refractivity contribution in [3.05, 3.63) is 70.7 Å². The van der Waals surface area contributed by atoms with E-state index < -0.39 is 0 Å². The van der Waals surface area contributed by atoms with Gasteiger partial charge in [-0.05, 0) is 56.9 Å². The summed E-state index contributed by atoms with van der Waals surface area (Å²) >= 11 is 0. The lowest BCUT2D eigenvalue weighted by molar-refractivity contribution is 0.0525. The van der Waals surface area contributed by atoms with E-state index in [0.717, 1.165) is 41.9 Å². The summed E-state index contributed by atoms with van der Waals surface area (Å²) in [6.07, 6.45) is 4.46. The molecule has 1 fully saturated rings. The number of fused-ring (bicyclic) bond motifs is 1. The number of nitrogens with zero attached hydrogens (tertiary/aromatic N) is 5. The zero-order valence-corrected chi connectivity index (χ0v) is 19.7. The minimum Gasteiger partial charge on any atom is -0.462 e. The van der Waals surface area contributed by atoms with E-state index in [2.05, 4.69) is 28.9 Å². The zero-order valence-electron chi connectivity index (χ0n) is 19.7. The Morgan fingerprint density at radius 2 is 1.82 bits per heavy atom.